The second kappa shape index (κ2) is 7.97. The first kappa shape index (κ1) is 17.9. The van der Waals surface area contributed by atoms with Gasteiger partial charge in [0.15, 0.2) is 0 Å². The summed E-state index contributed by atoms with van der Waals surface area (Å²) in [6.45, 7) is 3.79. The number of benzene rings is 1. The Morgan fingerprint density at radius 3 is 2.68 bits per heavy atom. The molecule has 0 atom stereocenters. The van der Waals surface area contributed by atoms with Crippen molar-refractivity contribution in [2.45, 2.75) is 38.2 Å². The number of hydrogen-bond donors (Lipinski definition) is 2. The summed E-state index contributed by atoms with van der Waals surface area (Å²) in [5.41, 5.74) is 1.18. The summed E-state index contributed by atoms with van der Waals surface area (Å²) in [7, 11) is 0. The van der Waals surface area contributed by atoms with Crippen LogP contribution in [-0.4, -0.2) is 40.7 Å². The number of amides is 2. The fraction of sp³-hybridized carbons (Fsp3) is 0.474. The second-order valence-electron chi connectivity index (χ2n) is 6.60. The number of nitrogens with zero attached hydrogens (tertiary/aromatic N) is 2. The lowest BCUT2D eigenvalue weighted by Gasteiger charge is -2.38. The summed E-state index contributed by atoms with van der Waals surface area (Å²) in [4.78, 5) is 18.5. The average Bonchev–Trinajstić information content (AvgIpc) is 3.05. The summed E-state index contributed by atoms with van der Waals surface area (Å²) in [5, 5.41) is 17.0. The molecule has 2 aromatic rings. The molecule has 2 heterocycles. The summed E-state index contributed by atoms with van der Waals surface area (Å²) < 4.78 is 0. The highest BCUT2D eigenvalue weighted by Gasteiger charge is 2.35. The average molecular weight is 359 g/mol. The van der Waals surface area contributed by atoms with Crippen molar-refractivity contribution in [3.05, 3.63) is 52.0 Å². The number of aromatic nitrogens is 1. The minimum absolute atomic E-state index is 0.0366. The van der Waals surface area contributed by atoms with Crippen LogP contribution >= 0.6 is 11.3 Å². The molecule has 0 spiro atoms. The predicted octanol–water partition coefficient (Wildman–Crippen LogP) is 3.08. The number of nitrogens with one attached hydrogen (secondary N) is 1. The van der Waals surface area contributed by atoms with Gasteiger partial charge in [0.2, 0.25) is 0 Å². The molecule has 25 heavy (non-hydrogen) atoms. The first-order chi connectivity index (χ1) is 12.1. The maximum atomic E-state index is 12.3. The monoisotopic (exact) mass is 359 g/mol. The molecule has 2 N–H and O–H groups in total. The zero-order chi connectivity index (χ0) is 17.7. The topological polar surface area (TPSA) is 65.5 Å². The molecule has 1 fully saturated rings. The van der Waals surface area contributed by atoms with E-state index in [1.54, 1.807) is 16.2 Å². The van der Waals surface area contributed by atoms with Gasteiger partial charge in [0.25, 0.3) is 0 Å². The van der Waals surface area contributed by atoms with Crippen molar-refractivity contribution >= 4 is 17.4 Å². The van der Waals surface area contributed by atoms with Crippen molar-refractivity contribution in [2.75, 3.05) is 19.6 Å². The maximum absolute atomic E-state index is 12.3. The number of carbonyl (C=O) groups excluding carboxylic acids is 1. The van der Waals surface area contributed by atoms with Gasteiger partial charge in [-0.2, -0.15) is 0 Å². The maximum Gasteiger partial charge on any atom is 0.317 e. The Kier molecular flexibility index (Phi) is 5.71. The van der Waals surface area contributed by atoms with Crippen LogP contribution in [0, 0.1) is 6.92 Å². The Balaban J connectivity index is 1.41. The molecule has 1 aromatic heterocycles. The molecule has 134 valence electrons. The molecule has 0 unspecified atom stereocenters. The Bertz CT molecular complexity index is 694. The molecular formula is C19H25N3O2S. The Morgan fingerprint density at radius 2 is 2.04 bits per heavy atom. The van der Waals surface area contributed by atoms with Crippen molar-refractivity contribution in [3.8, 4) is 0 Å². The van der Waals surface area contributed by atoms with Gasteiger partial charge < -0.3 is 15.3 Å². The van der Waals surface area contributed by atoms with Gasteiger partial charge in [-0.3, -0.25) is 0 Å². The van der Waals surface area contributed by atoms with E-state index in [4.69, 9.17) is 0 Å². The van der Waals surface area contributed by atoms with Gasteiger partial charge in [0.1, 0.15) is 0 Å². The Hall–Kier alpha value is -1.92. The minimum atomic E-state index is -0.819. The molecule has 6 heteroatoms. The number of urea groups is 1. The summed E-state index contributed by atoms with van der Waals surface area (Å²) in [5.74, 6) is 0. The second-order valence-corrected chi connectivity index (χ2v) is 7.55. The summed E-state index contributed by atoms with van der Waals surface area (Å²) in [6, 6.07) is 9.70. The van der Waals surface area contributed by atoms with Crippen LogP contribution in [0.15, 0.2) is 35.7 Å². The number of likely N-dealkylation sites (tertiary alicyclic amines) is 1. The largest absolute Gasteiger partial charge is 0.385 e. The van der Waals surface area contributed by atoms with Gasteiger partial charge in [-0.05, 0) is 31.7 Å². The van der Waals surface area contributed by atoms with E-state index in [0.29, 0.717) is 32.5 Å². The van der Waals surface area contributed by atoms with Gasteiger partial charge in [0, 0.05) is 37.1 Å². The number of thiazole rings is 1. The lowest BCUT2D eigenvalue weighted by atomic mass is 9.84. The molecule has 1 saturated heterocycles. The van der Waals surface area contributed by atoms with E-state index in [1.165, 1.54) is 0 Å². The highest BCUT2D eigenvalue weighted by atomic mass is 32.1. The zero-order valence-corrected chi connectivity index (χ0v) is 15.4. The third-order valence-electron chi connectivity index (χ3n) is 4.70. The highest BCUT2D eigenvalue weighted by Crippen LogP contribution is 2.32. The number of aliphatic hydroxyl groups is 1. The van der Waals surface area contributed by atoms with Gasteiger partial charge in [-0.1, -0.05) is 30.3 Å². The highest BCUT2D eigenvalue weighted by molar-refractivity contribution is 7.09. The molecule has 1 aliphatic heterocycles. The van der Waals surface area contributed by atoms with Crippen LogP contribution in [0.5, 0.6) is 0 Å². The fourth-order valence-electron chi connectivity index (χ4n) is 3.18. The van der Waals surface area contributed by atoms with Crippen LogP contribution in [0.25, 0.3) is 0 Å². The number of hydrogen-bond acceptors (Lipinski definition) is 4. The number of carbonyl (C=O) groups is 1. The van der Waals surface area contributed by atoms with Crippen molar-refractivity contribution in [2.24, 2.45) is 0 Å². The third-order valence-corrected chi connectivity index (χ3v) is 5.73. The molecule has 1 aliphatic rings. The van der Waals surface area contributed by atoms with E-state index >= 15 is 0 Å². The Morgan fingerprint density at radius 1 is 1.32 bits per heavy atom. The SMILES string of the molecule is Cc1csc(CCCNC(=O)N2CCC(O)(c3ccccc3)CC2)n1. The molecule has 0 bridgehead atoms. The van der Waals surface area contributed by atoms with Crippen molar-refractivity contribution in [3.63, 3.8) is 0 Å². The van der Waals surface area contributed by atoms with Gasteiger partial charge >= 0.3 is 6.03 Å². The molecule has 1 aromatic carbocycles. The molecule has 0 aliphatic carbocycles. The molecule has 0 saturated carbocycles. The van der Waals surface area contributed by atoms with Crippen molar-refractivity contribution in [1.29, 1.82) is 0 Å². The summed E-state index contributed by atoms with van der Waals surface area (Å²) >= 11 is 1.67. The fourth-order valence-corrected chi connectivity index (χ4v) is 4.00. The zero-order valence-electron chi connectivity index (χ0n) is 14.6. The molecular weight excluding hydrogens is 334 g/mol. The first-order valence-electron chi connectivity index (χ1n) is 8.78. The van der Waals surface area contributed by atoms with Crippen LogP contribution in [0.2, 0.25) is 0 Å². The summed E-state index contributed by atoms with van der Waals surface area (Å²) in [6.07, 6.45) is 2.93. The molecule has 3 rings (SSSR count). The van der Waals surface area contributed by atoms with E-state index in [0.717, 1.165) is 29.1 Å². The van der Waals surface area contributed by atoms with Crippen LogP contribution in [0.4, 0.5) is 4.79 Å². The number of rotatable bonds is 5. The van der Waals surface area contributed by atoms with E-state index in [1.807, 2.05) is 37.3 Å². The quantitative estimate of drug-likeness (QED) is 0.807. The lowest BCUT2D eigenvalue weighted by molar-refractivity contribution is -0.0167. The van der Waals surface area contributed by atoms with E-state index in [9.17, 15) is 9.90 Å². The van der Waals surface area contributed by atoms with Crippen molar-refractivity contribution in [1.82, 2.24) is 15.2 Å². The number of aryl methyl sites for hydroxylation is 2. The van der Waals surface area contributed by atoms with Crippen LogP contribution < -0.4 is 5.32 Å². The van der Waals surface area contributed by atoms with Gasteiger partial charge in [-0.25, -0.2) is 9.78 Å². The van der Waals surface area contributed by atoms with Crippen molar-refractivity contribution < 1.29 is 9.90 Å². The third kappa shape index (κ3) is 4.58. The van der Waals surface area contributed by atoms with Crippen LogP contribution in [0.1, 0.15) is 35.5 Å². The van der Waals surface area contributed by atoms with E-state index < -0.39 is 5.60 Å². The molecule has 0 radical (unpaired) electrons. The standard InChI is InChI=1S/C19H25N3O2S/c1-15-14-25-17(21-15)8-5-11-20-18(23)22-12-9-19(24,10-13-22)16-6-3-2-4-7-16/h2-4,6-7,14,24H,5,8-13H2,1H3,(H,20,23). The first-order valence-corrected chi connectivity index (χ1v) is 9.66. The smallest absolute Gasteiger partial charge is 0.317 e. The van der Waals surface area contributed by atoms with Gasteiger partial charge in [-0.15, -0.1) is 11.3 Å². The Labute approximate surface area is 152 Å². The molecule has 2 amide bonds. The minimum Gasteiger partial charge on any atom is -0.385 e. The predicted molar refractivity (Wildman–Crippen MR) is 99.7 cm³/mol. The van der Waals surface area contributed by atoms with Crippen LogP contribution in [-0.2, 0) is 12.0 Å². The van der Waals surface area contributed by atoms with E-state index in [-0.39, 0.29) is 6.03 Å². The van der Waals surface area contributed by atoms with Gasteiger partial charge in [0.05, 0.1) is 10.6 Å². The van der Waals surface area contributed by atoms with Crippen LogP contribution in [0.3, 0.4) is 0 Å². The number of piperidine rings is 1. The normalized spacial score (nSPS) is 16.6. The lowest BCUT2D eigenvalue weighted by Crippen LogP contribution is -2.49. The van der Waals surface area contributed by atoms with E-state index in [2.05, 4.69) is 15.7 Å². The molecule has 5 nitrogen and oxygen atoms in total.